The van der Waals surface area contributed by atoms with Crippen molar-refractivity contribution in [1.29, 1.82) is 0 Å². The number of nitrogens with two attached hydrogens (primary N) is 1. The van der Waals surface area contributed by atoms with Crippen molar-refractivity contribution >= 4 is 0 Å². The van der Waals surface area contributed by atoms with E-state index in [0.717, 1.165) is 29.2 Å². The average molecular weight is 251 g/mol. The number of rotatable bonds is 6. The Hall–Kier alpha value is -1.42. The van der Waals surface area contributed by atoms with Crippen LogP contribution in [0.1, 0.15) is 32.3 Å². The number of ether oxygens (including phenoxy) is 3. The fraction of sp³-hybridized carbons (Fsp3) is 0.571. The molecule has 0 amide bonds. The summed E-state index contributed by atoms with van der Waals surface area (Å²) < 4.78 is 16.4. The van der Waals surface area contributed by atoms with Gasteiger partial charge in [0.2, 0.25) is 6.79 Å². The molecule has 2 rings (SSSR count). The van der Waals surface area contributed by atoms with Crippen molar-refractivity contribution in [3.05, 3.63) is 17.7 Å². The van der Waals surface area contributed by atoms with Gasteiger partial charge in [-0.3, -0.25) is 0 Å². The van der Waals surface area contributed by atoms with E-state index in [2.05, 4.69) is 13.8 Å². The van der Waals surface area contributed by atoms with Gasteiger partial charge in [0, 0.05) is 18.2 Å². The van der Waals surface area contributed by atoms with E-state index < -0.39 is 0 Å². The van der Waals surface area contributed by atoms with Gasteiger partial charge in [0.1, 0.15) is 5.75 Å². The van der Waals surface area contributed by atoms with Crippen LogP contribution < -0.4 is 19.9 Å². The van der Waals surface area contributed by atoms with E-state index in [-0.39, 0.29) is 6.79 Å². The van der Waals surface area contributed by atoms with Gasteiger partial charge in [-0.25, -0.2) is 0 Å². The van der Waals surface area contributed by atoms with Crippen LogP contribution in [0.2, 0.25) is 0 Å². The zero-order valence-corrected chi connectivity index (χ0v) is 11.1. The van der Waals surface area contributed by atoms with E-state index in [1.165, 1.54) is 6.42 Å². The molecule has 1 aromatic carbocycles. The molecule has 2 N–H and O–H groups in total. The fourth-order valence-corrected chi connectivity index (χ4v) is 1.93. The molecule has 4 heteroatoms. The Balaban J connectivity index is 1.98. The summed E-state index contributed by atoms with van der Waals surface area (Å²) in [5.41, 5.74) is 6.68. The molecule has 0 atom stereocenters. The van der Waals surface area contributed by atoms with E-state index >= 15 is 0 Å². The first-order valence-electron chi connectivity index (χ1n) is 6.46. The lowest BCUT2D eigenvalue weighted by Crippen LogP contribution is -2.04. The maximum atomic E-state index is 5.79. The highest BCUT2D eigenvalue weighted by Gasteiger charge is 2.17. The second-order valence-electron chi connectivity index (χ2n) is 4.90. The Labute approximate surface area is 108 Å². The maximum absolute atomic E-state index is 5.79. The van der Waals surface area contributed by atoms with Crippen LogP contribution in [0.4, 0.5) is 0 Å². The molecule has 0 aliphatic carbocycles. The SMILES string of the molecule is CC(C)CCCOc1cc2c(cc1CN)OCO2. The highest BCUT2D eigenvalue weighted by molar-refractivity contribution is 5.51. The van der Waals surface area contributed by atoms with Gasteiger partial charge in [-0.1, -0.05) is 13.8 Å². The molecule has 18 heavy (non-hydrogen) atoms. The molecule has 0 saturated carbocycles. The molecule has 1 aliphatic heterocycles. The largest absolute Gasteiger partial charge is 0.493 e. The third-order valence-electron chi connectivity index (χ3n) is 2.96. The summed E-state index contributed by atoms with van der Waals surface area (Å²) in [6.45, 7) is 5.86. The Morgan fingerprint density at radius 3 is 2.67 bits per heavy atom. The third kappa shape index (κ3) is 3.07. The number of benzene rings is 1. The van der Waals surface area contributed by atoms with E-state index in [1.807, 2.05) is 12.1 Å². The summed E-state index contributed by atoms with van der Waals surface area (Å²) in [4.78, 5) is 0. The zero-order valence-electron chi connectivity index (χ0n) is 11.1. The highest BCUT2D eigenvalue weighted by atomic mass is 16.7. The van der Waals surface area contributed by atoms with Crippen molar-refractivity contribution in [3.63, 3.8) is 0 Å². The molecule has 1 aromatic rings. The molecule has 0 aromatic heterocycles. The standard InChI is InChI=1S/C14H21NO3/c1-10(2)4-3-5-16-12-7-14-13(17-9-18-14)6-11(12)8-15/h6-7,10H,3-5,8-9,15H2,1-2H3. The predicted octanol–water partition coefficient (Wildman–Crippen LogP) is 2.69. The molecule has 0 bridgehead atoms. The van der Waals surface area contributed by atoms with Crippen LogP contribution in [0.3, 0.4) is 0 Å². The minimum atomic E-state index is 0.274. The molecule has 100 valence electrons. The molecule has 1 heterocycles. The second kappa shape index (κ2) is 5.96. The van der Waals surface area contributed by atoms with Gasteiger partial charge in [0.15, 0.2) is 11.5 Å². The normalized spacial score (nSPS) is 13.1. The van der Waals surface area contributed by atoms with Crippen molar-refractivity contribution in [3.8, 4) is 17.2 Å². The van der Waals surface area contributed by atoms with Gasteiger partial charge in [0.25, 0.3) is 0 Å². The first kappa shape index (κ1) is 13.0. The van der Waals surface area contributed by atoms with E-state index in [9.17, 15) is 0 Å². The summed E-state index contributed by atoms with van der Waals surface area (Å²) in [5, 5.41) is 0. The monoisotopic (exact) mass is 251 g/mol. The molecule has 0 saturated heterocycles. The first-order valence-corrected chi connectivity index (χ1v) is 6.46. The molecule has 1 aliphatic rings. The molecule has 0 radical (unpaired) electrons. The molecule has 0 spiro atoms. The van der Waals surface area contributed by atoms with E-state index in [0.29, 0.717) is 19.1 Å². The summed E-state index contributed by atoms with van der Waals surface area (Å²) in [6.07, 6.45) is 2.22. The predicted molar refractivity (Wildman–Crippen MR) is 70.0 cm³/mol. The summed E-state index contributed by atoms with van der Waals surface area (Å²) >= 11 is 0. The van der Waals surface area contributed by atoms with Gasteiger partial charge < -0.3 is 19.9 Å². The maximum Gasteiger partial charge on any atom is 0.231 e. The Bertz CT molecular complexity index is 404. The summed E-state index contributed by atoms with van der Waals surface area (Å²) in [5.74, 6) is 3.01. The van der Waals surface area contributed by atoms with Crippen LogP contribution in [-0.2, 0) is 6.54 Å². The number of fused-ring (bicyclic) bond motifs is 1. The van der Waals surface area contributed by atoms with Gasteiger partial charge in [-0.2, -0.15) is 0 Å². The topological polar surface area (TPSA) is 53.7 Å². The smallest absolute Gasteiger partial charge is 0.231 e. The van der Waals surface area contributed by atoms with Crippen LogP contribution in [-0.4, -0.2) is 13.4 Å². The van der Waals surface area contributed by atoms with Crippen molar-refractivity contribution < 1.29 is 14.2 Å². The molecule has 4 nitrogen and oxygen atoms in total. The molecule has 0 unspecified atom stereocenters. The quantitative estimate of drug-likeness (QED) is 0.790. The molecular formula is C14H21NO3. The Morgan fingerprint density at radius 2 is 2.00 bits per heavy atom. The van der Waals surface area contributed by atoms with Gasteiger partial charge in [-0.15, -0.1) is 0 Å². The summed E-state index contributed by atoms with van der Waals surface area (Å²) in [7, 11) is 0. The first-order chi connectivity index (χ1) is 8.70. The van der Waals surface area contributed by atoms with Crippen LogP contribution in [0.15, 0.2) is 12.1 Å². The van der Waals surface area contributed by atoms with Crippen LogP contribution >= 0.6 is 0 Å². The minimum absolute atomic E-state index is 0.274. The van der Waals surface area contributed by atoms with Gasteiger partial charge in [0.05, 0.1) is 6.61 Å². The van der Waals surface area contributed by atoms with Crippen LogP contribution in [0.5, 0.6) is 17.2 Å². The minimum Gasteiger partial charge on any atom is -0.493 e. The lowest BCUT2D eigenvalue weighted by molar-refractivity contribution is 0.173. The highest BCUT2D eigenvalue weighted by Crippen LogP contribution is 2.38. The van der Waals surface area contributed by atoms with Crippen molar-refractivity contribution in [1.82, 2.24) is 0 Å². The number of hydrogen-bond donors (Lipinski definition) is 1. The second-order valence-corrected chi connectivity index (χ2v) is 4.90. The van der Waals surface area contributed by atoms with Crippen LogP contribution in [0.25, 0.3) is 0 Å². The number of hydrogen-bond acceptors (Lipinski definition) is 4. The zero-order chi connectivity index (χ0) is 13.0. The molecular weight excluding hydrogens is 230 g/mol. The van der Waals surface area contributed by atoms with Gasteiger partial charge >= 0.3 is 0 Å². The van der Waals surface area contributed by atoms with E-state index in [4.69, 9.17) is 19.9 Å². The Kier molecular flexibility index (Phi) is 4.31. The lowest BCUT2D eigenvalue weighted by atomic mass is 10.1. The lowest BCUT2D eigenvalue weighted by Gasteiger charge is -2.12. The van der Waals surface area contributed by atoms with Crippen molar-refractivity contribution in [2.24, 2.45) is 11.7 Å². The Morgan fingerprint density at radius 1 is 1.28 bits per heavy atom. The fourth-order valence-electron chi connectivity index (χ4n) is 1.93. The molecule has 0 fully saturated rings. The average Bonchev–Trinajstić information content (AvgIpc) is 2.80. The van der Waals surface area contributed by atoms with Crippen molar-refractivity contribution in [2.75, 3.05) is 13.4 Å². The van der Waals surface area contributed by atoms with Crippen molar-refractivity contribution in [2.45, 2.75) is 33.2 Å². The third-order valence-corrected chi connectivity index (χ3v) is 2.96. The van der Waals surface area contributed by atoms with E-state index in [1.54, 1.807) is 0 Å². The van der Waals surface area contributed by atoms with Crippen LogP contribution in [0, 0.1) is 5.92 Å². The van der Waals surface area contributed by atoms with Gasteiger partial charge in [-0.05, 0) is 24.8 Å². The summed E-state index contributed by atoms with van der Waals surface area (Å²) in [6, 6.07) is 3.78.